The molecule has 0 aliphatic carbocycles. The summed E-state index contributed by atoms with van der Waals surface area (Å²) in [5.41, 5.74) is 1.43. The largest absolute Gasteiger partial charge is 0.361 e. The Labute approximate surface area is 160 Å². The van der Waals surface area contributed by atoms with Gasteiger partial charge in [-0.15, -0.1) is 0 Å². The fraction of sp³-hybridized carbons (Fsp3) is 0.476. The van der Waals surface area contributed by atoms with Crippen molar-refractivity contribution in [2.75, 3.05) is 13.1 Å². The Morgan fingerprint density at radius 1 is 1.26 bits per heavy atom. The summed E-state index contributed by atoms with van der Waals surface area (Å²) in [6, 6.07) is 11.7. The first-order valence-electron chi connectivity index (χ1n) is 9.70. The Morgan fingerprint density at radius 2 is 2.04 bits per heavy atom. The molecule has 3 rings (SSSR count). The number of aromatic nitrogens is 1. The summed E-state index contributed by atoms with van der Waals surface area (Å²) in [6.07, 6.45) is 2.82. The lowest BCUT2D eigenvalue weighted by atomic mass is 10.1. The Bertz CT molecular complexity index is 772. The quantitative estimate of drug-likeness (QED) is 0.784. The van der Waals surface area contributed by atoms with E-state index in [1.807, 2.05) is 35.2 Å². The fourth-order valence-electron chi connectivity index (χ4n) is 3.49. The van der Waals surface area contributed by atoms with E-state index in [0.29, 0.717) is 31.7 Å². The number of nitrogens with zero attached hydrogens (tertiary/aromatic N) is 3. The molecule has 0 saturated carbocycles. The normalized spacial score (nSPS) is 17.9. The molecular weight excluding hydrogens is 342 g/mol. The van der Waals surface area contributed by atoms with Gasteiger partial charge in [-0.3, -0.25) is 9.59 Å². The third kappa shape index (κ3) is 4.56. The van der Waals surface area contributed by atoms with Crippen LogP contribution >= 0.6 is 0 Å². The molecule has 2 heterocycles. The van der Waals surface area contributed by atoms with Crippen LogP contribution in [0.25, 0.3) is 0 Å². The summed E-state index contributed by atoms with van der Waals surface area (Å²) in [5, 5.41) is 3.93. The smallest absolute Gasteiger partial charge is 0.276 e. The van der Waals surface area contributed by atoms with Crippen LogP contribution in [0.15, 0.2) is 40.9 Å². The van der Waals surface area contributed by atoms with Gasteiger partial charge in [-0.25, -0.2) is 0 Å². The number of carbonyl (C=O) groups is 2. The number of aryl methyl sites for hydroxylation is 1. The summed E-state index contributed by atoms with van der Waals surface area (Å²) in [6.45, 7) is 5.61. The molecule has 1 aromatic heterocycles. The molecule has 1 aromatic carbocycles. The van der Waals surface area contributed by atoms with E-state index in [0.717, 1.165) is 30.6 Å². The molecule has 6 heteroatoms. The van der Waals surface area contributed by atoms with Gasteiger partial charge < -0.3 is 14.3 Å². The summed E-state index contributed by atoms with van der Waals surface area (Å²) < 4.78 is 5.25. The van der Waals surface area contributed by atoms with Crippen molar-refractivity contribution in [3.05, 3.63) is 53.4 Å². The van der Waals surface area contributed by atoms with E-state index in [1.54, 1.807) is 11.0 Å². The van der Waals surface area contributed by atoms with Crippen LogP contribution in [0.2, 0.25) is 0 Å². The van der Waals surface area contributed by atoms with Crippen molar-refractivity contribution in [3.8, 4) is 0 Å². The van der Waals surface area contributed by atoms with E-state index in [9.17, 15) is 9.59 Å². The van der Waals surface area contributed by atoms with Crippen molar-refractivity contribution in [1.29, 1.82) is 0 Å². The zero-order chi connectivity index (χ0) is 19.2. The number of hydrogen-bond donors (Lipinski definition) is 0. The summed E-state index contributed by atoms with van der Waals surface area (Å²) in [7, 11) is 0. The molecule has 0 spiro atoms. The molecule has 0 unspecified atom stereocenters. The monoisotopic (exact) mass is 369 g/mol. The van der Waals surface area contributed by atoms with Crippen LogP contribution < -0.4 is 0 Å². The fourth-order valence-corrected chi connectivity index (χ4v) is 3.49. The van der Waals surface area contributed by atoms with E-state index in [1.165, 1.54) is 0 Å². The average molecular weight is 369 g/mol. The second-order valence-corrected chi connectivity index (χ2v) is 7.00. The van der Waals surface area contributed by atoms with Crippen molar-refractivity contribution in [3.63, 3.8) is 0 Å². The number of hydrogen-bond acceptors (Lipinski definition) is 4. The van der Waals surface area contributed by atoms with Crippen LogP contribution in [-0.2, 0) is 17.8 Å². The predicted octanol–water partition coefficient (Wildman–Crippen LogP) is 3.28. The SMILES string of the molecule is CCCc1cc(C(=O)N2CCC(=O)N(Cc3ccccc3)[C@H](CC)C2)no1. The molecular formula is C21H27N3O3. The van der Waals surface area contributed by atoms with Crippen molar-refractivity contribution < 1.29 is 14.1 Å². The molecule has 6 nitrogen and oxygen atoms in total. The van der Waals surface area contributed by atoms with Crippen molar-refractivity contribution in [1.82, 2.24) is 15.0 Å². The number of benzene rings is 1. The van der Waals surface area contributed by atoms with E-state index < -0.39 is 0 Å². The van der Waals surface area contributed by atoms with Crippen molar-refractivity contribution in [2.45, 2.75) is 52.1 Å². The maximum atomic E-state index is 12.9. The Morgan fingerprint density at radius 3 is 2.74 bits per heavy atom. The van der Waals surface area contributed by atoms with Gasteiger partial charge in [0.15, 0.2) is 5.69 Å². The van der Waals surface area contributed by atoms with Gasteiger partial charge in [0.1, 0.15) is 5.76 Å². The highest BCUT2D eigenvalue weighted by Crippen LogP contribution is 2.19. The van der Waals surface area contributed by atoms with Gasteiger partial charge in [-0.05, 0) is 18.4 Å². The third-order valence-corrected chi connectivity index (χ3v) is 5.02. The van der Waals surface area contributed by atoms with Crippen LogP contribution in [0.4, 0.5) is 0 Å². The van der Waals surface area contributed by atoms with E-state index in [2.05, 4.69) is 19.0 Å². The zero-order valence-electron chi connectivity index (χ0n) is 16.1. The molecule has 0 N–H and O–H groups in total. The molecule has 1 fully saturated rings. The second kappa shape index (κ2) is 8.84. The Hall–Kier alpha value is -2.63. The maximum absolute atomic E-state index is 12.9. The first-order valence-corrected chi connectivity index (χ1v) is 9.70. The molecule has 1 saturated heterocycles. The highest BCUT2D eigenvalue weighted by Gasteiger charge is 2.32. The minimum atomic E-state index is -0.158. The first-order chi connectivity index (χ1) is 13.1. The lowest BCUT2D eigenvalue weighted by molar-refractivity contribution is -0.133. The van der Waals surface area contributed by atoms with E-state index >= 15 is 0 Å². The van der Waals surface area contributed by atoms with Gasteiger partial charge in [-0.2, -0.15) is 0 Å². The predicted molar refractivity (Wildman–Crippen MR) is 102 cm³/mol. The molecule has 144 valence electrons. The minimum Gasteiger partial charge on any atom is -0.361 e. The summed E-state index contributed by atoms with van der Waals surface area (Å²) in [5.74, 6) is 0.659. The lowest BCUT2D eigenvalue weighted by Crippen LogP contribution is -2.43. The van der Waals surface area contributed by atoms with Crippen LogP contribution in [0, 0.1) is 0 Å². The van der Waals surface area contributed by atoms with E-state index in [4.69, 9.17) is 4.52 Å². The molecule has 2 aromatic rings. The number of carbonyl (C=O) groups excluding carboxylic acids is 2. The molecule has 2 amide bonds. The number of amides is 2. The average Bonchev–Trinajstić information content (AvgIpc) is 3.09. The van der Waals surface area contributed by atoms with Crippen molar-refractivity contribution >= 4 is 11.8 Å². The summed E-state index contributed by atoms with van der Waals surface area (Å²) >= 11 is 0. The Kier molecular flexibility index (Phi) is 6.27. The maximum Gasteiger partial charge on any atom is 0.276 e. The molecule has 1 aliphatic rings. The summed E-state index contributed by atoms with van der Waals surface area (Å²) in [4.78, 5) is 29.3. The Balaban J connectivity index is 1.74. The number of rotatable bonds is 6. The van der Waals surface area contributed by atoms with Gasteiger partial charge in [-0.1, -0.05) is 49.3 Å². The van der Waals surface area contributed by atoms with Gasteiger partial charge in [0, 0.05) is 44.6 Å². The van der Waals surface area contributed by atoms with Gasteiger partial charge in [0.2, 0.25) is 5.91 Å². The van der Waals surface area contributed by atoms with Gasteiger partial charge in [0.05, 0.1) is 0 Å². The van der Waals surface area contributed by atoms with Crippen LogP contribution in [0.1, 0.15) is 54.9 Å². The van der Waals surface area contributed by atoms with Gasteiger partial charge >= 0.3 is 0 Å². The highest BCUT2D eigenvalue weighted by atomic mass is 16.5. The van der Waals surface area contributed by atoms with E-state index in [-0.39, 0.29) is 17.9 Å². The topological polar surface area (TPSA) is 66.7 Å². The molecule has 0 radical (unpaired) electrons. The first kappa shape index (κ1) is 19.1. The zero-order valence-corrected chi connectivity index (χ0v) is 16.1. The van der Waals surface area contributed by atoms with Crippen LogP contribution in [0.3, 0.4) is 0 Å². The lowest BCUT2D eigenvalue weighted by Gasteiger charge is -2.31. The second-order valence-electron chi connectivity index (χ2n) is 7.00. The van der Waals surface area contributed by atoms with Gasteiger partial charge in [0.25, 0.3) is 5.91 Å². The third-order valence-electron chi connectivity index (χ3n) is 5.02. The van der Waals surface area contributed by atoms with Crippen molar-refractivity contribution in [2.24, 2.45) is 0 Å². The van der Waals surface area contributed by atoms with Crippen LogP contribution in [0.5, 0.6) is 0 Å². The standard InChI is InChI=1S/C21H27N3O3/c1-3-8-18-13-19(22-27-18)21(26)23-12-11-20(25)24(17(4-2)15-23)14-16-9-6-5-7-10-16/h5-7,9-10,13,17H,3-4,8,11-12,14-15H2,1-2H3/t17-/m1/s1. The minimum absolute atomic E-state index is 0.00818. The highest BCUT2D eigenvalue weighted by molar-refractivity contribution is 5.93. The van der Waals surface area contributed by atoms with Crippen LogP contribution in [-0.4, -0.2) is 45.9 Å². The molecule has 1 atom stereocenters. The molecule has 0 bridgehead atoms. The molecule has 1 aliphatic heterocycles. The molecule has 27 heavy (non-hydrogen) atoms.